The summed E-state index contributed by atoms with van der Waals surface area (Å²) in [5.41, 5.74) is -0.916. The average Bonchev–Trinajstić information content (AvgIpc) is 2.30. The van der Waals surface area contributed by atoms with Gasteiger partial charge in [0.1, 0.15) is 17.8 Å². The van der Waals surface area contributed by atoms with E-state index in [1.165, 1.54) is 0 Å². The molecule has 0 spiro atoms. The van der Waals surface area contributed by atoms with Crippen LogP contribution in [0.3, 0.4) is 0 Å². The molecule has 1 heterocycles. The van der Waals surface area contributed by atoms with Crippen LogP contribution in [0.2, 0.25) is 0 Å². The lowest BCUT2D eigenvalue weighted by molar-refractivity contribution is -0.149. The molecule has 0 aromatic carbocycles. The number of hydrogen-bond donors (Lipinski definition) is 0. The van der Waals surface area contributed by atoms with Crippen LogP contribution in [0.5, 0.6) is 0 Å². The van der Waals surface area contributed by atoms with Gasteiger partial charge in [-0.05, 0) is 13.3 Å². The summed E-state index contributed by atoms with van der Waals surface area (Å²) >= 11 is 0. The molecule has 1 saturated heterocycles. The van der Waals surface area contributed by atoms with Crippen molar-refractivity contribution in [1.82, 2.24) is 0 Å². The maximum atomic E-state index is 11.3. The predicted octanol–water partition coefficient (Wildman–Crippen LogP) is 1.16. The van der Waals surface area contributed by atoms with Gasteiger partial charge in [-0.1, -0.05) is 13.8 Å². The van der Waals surface area contributed by atoms with Crippen LogP contribution in [-0.2, 0) is 14.3 Å². The van der Waals surface area contributed by atoms with Gasteiger partial charge in [-0.25, -0.2) is 0 Å². The molecule has 0 N–H and O–H groups in total. The molecule has 0 bridgehead atoms. The number of carbonyl (C=O) groups is 2. The van der Waals surface area contributed by atoms with Crippen molar-refractivity contribution >= 4 is 12.3 Å². The number of hydrogen-bond acceptors (Lipinski definition) is 3. The lowest BCUT2D eigenvalue weighted by Gasteiger charge is -2.18. The van der Waals surface area contributed by atoms with Gasteiger partial charge in [-0.15, -0.1) is 0 Å². The van der Waals surface area contributed by atoms with Gasteiger partial charge < -0.3 is 9.53 Å². The topological polar surface area (TPSA) is 43.4 Å². The Morgan fingerprint density at radius 2 is 2.25 bits per heavy atom. The van der Waals surface area contributed by atoms with Crippen LogP contribution in [0.4, 0.5) is 0 Å². The van der Waals surface area contributed by atoms with Crippen LogP contribution in [0, 0.1) is 11.3 Å². The van der Waals surface area contributed by atoms with Gasteiger partial charge in [0.15, 0.2) is 0 Å². The standard InChI is InChI=1S/C9H14O3/c1-4-7-6(2)9(3,5-10)8(11)12-7/h5-7H,4H2,1-3H3/t6-,7-,9-/m1/s1. The lowest BCUT2D eigenvalue weighted by Crippen LogP contribution is -2.31. The highest BCUT2D eigenvalue weighted by molar-refractivity contribution is 5.94. The second-order valence-electron chi connectivity index (χ2n) is 3.54. The van der Waals surface area contributed by atoms with Crippen molar-refractivity contribution < 1.29 is 14.3 Å². The molecule has 68 valence electrons. The molecule has 1 rings (SSSR count). The van der Waals surface area contributed by atoms with Crippen molar-refractivity contribution in [3.8, 4) is 0 Å². The van der Waals surface area contributed by atoms with Crippen molar-refractivity contribution in [2.24, 2.45) is 11.3 Å². The normalized spacial score (nSPS) is 41.1. The van der Waals surface area contributed by atoms with Crippen LogP contribution in [0.1, 0.15) is 27.2 Å². The molecule has 0 radical (unpaired) electrons. The van der Waals surface area contributed by atoms with Crippen molar-refractivity contribution in [2.45, 2.75) is 33.3 Å². The number of esters is 1. The van der Waals surface area contributed by atoms with E-state index in [9.17, 15) is 9.59 Å². The van der Waals surface area contributed by atoms with Crippen LogP contribution < -0.4 is 0 Å². The maximum Gasteiger partial charge on any atom is 0.319 e. The first-order valence-electron chi connectivity index (χ1n) is 4.23. The Balaban J connectivity index is 2.91. The van der Waals surface area contributed by atoms with E-state index in [1.54, 1.807) is 6.92 Å². The van der Waals surface area contributed by atoms with Gasteiger partial charge in [-0.3, -0.25) is 4.79 Å². The van der Waals surface area contributed by atoms with E-state index < -0.39 is 5.41 Å². The summed E-state index contributed by atoms with van der Waals surface area (Å²) in [6, 6.07) is 0. The van der Waals surface area contributed by atoms with Crippen LogP contribution in [-0.4, -0.2) is 18.4 Å². The summed E-state index contributed by atoms with van der Waals surface area (Å²) in [7, 11) is 0. The Kier molecular flexibility index (Phi) is 2.22. The Bertz CT molecular complexity index is 212. The lowest BCUT2D eigenvalue weighted by atomic mass is 9.78. The minimum Gasteiger partial charge on any atom is -0.461 e. The van der Waals surface area contributed by atoms with Crippen molar-refractivity contribution in [1.29, 1.82) is 0 Å². The molecule has 0 aliphatic carbocycles. The Morgan fingerprint density at radius 1 is 1.67 bits per heavy atom. The van der Waals surface area contributed by atoms with Crippen molar-refractivity contribution in [3.63, 3.8) is 0 Å². The summed E-state index contributed by atoms with van der Waals surface area (Å²) < 4.78 is 5.06. The van der Waals surface area contributed by atoms with E-state index in [-0.39, 0.29) is 18.0 Å². The number of carbonyl (C=O) groups excluding carboxylic acids is 2. The summed E-state index contributed by atoms with van der Waals surface area (Å²) in [6.07, 6.45) is 1.39. The first-order valence-corrected chi connectivity index (χ1v) is 4.23. The fourth-order valence-electron chi connectivity index (χ4n) is 1.53. The molecule has 0 amide bonds. The molecule has 1 aliphatic rings. The minimum absolute atomic E-state index is 0.00694. The SMILES string of the molecule is CC[C@H]1OC(=O)[C@](C)(C=O)[C@@H]1C. The Labute approximate surface area is 72.1 Å². The highest BCUT2D eigenvalue weighted by Crippen LogP contribution is 2.38. The molecule has 3 nitrogen and oxygen atoms in total. The Morgan fingerprint density at radius 3 is 2.50 bits per heavy atom. The van der Waals surface area contributed by atoms with E-state index >= 15 is 0 Å². The summed E-state index contributed by atoms with van der Waals surface area (Å²) in [6.45, 7) is 5.47. The van der Waals surface area contributed by atoms with Gasteiger partial charge in [-0.2, -0.15) is 0 Å². The molecular weight excluding hydrogens is 156 g/mol. The molecule has 0 saturated carbocycles. The number of aldehydes is 1. The Hall–Kier alpha value is -0.860. The molecule has 0 aromatic rings. The molecule has 3 atom stereocenters. The zero-order valence-corrected chi connectivity index (χ0v) is 7.66. The van der Waals surface area contributed by atoms with E-state index in [1.807, 2.05) is 13.8 Å². The first kappa shape index (κ1) is 9.23. The van der Waals surface area contributed by atoms with Gasteiger partial charge >= 0.3 is 5.97 Å². The average molecular weight is 170 g/mol. The molecule has 1 aliphatic heterocycles. The second-order valence-corrected chi connectivity index (χ2v) is 3.54. The summed E-state index contributed by atoms with van der Waals surface area (Å²) in [5, 5.41) is 0. The monoisotopic (exact) mass is 170 g/mol. The highest BCUT2D eigenvalue weighted by Gasteiger charge is 2.51. The smallest absolute Gasteiger partial charge is 0.319 e. The fraction of sp³-hybridized carbons (Fsp3) is 0.778. The highest BCUT2D eigenvalue weighted by atomic mass is 16.6. The van der Waals surface area contributed by atoms with Gasteiger partial charge in [0.25, 0.3) is 0 Å². The number of ether oxygens (including phenoxy) is 1. The van der Waals surface area contributed by atoms with Crippen molar-refractivity contribution in [2.75, 3.05) is 0 Å². The van der Waals surface area contributed by atoms with Gasteiger partial charge in [0, 0.05) is 5.92 Å². The van der Waals surface area contributed by atoms with E-state index in [0.29, 0.717) is 6.29 Å². The molecular formula is C9H14O3. The predicted molar refractivity (Wildman–Crippen MR) is 43.5 cm³/mol. The third kappa shape index (κ3) is 1.04. The molecule has 12 heavy (non-hydrogen) atoms. The molecule has 3 heteroatoms. The molecule has 0 aromatic heterocycles. The molecule has 0 unspecified atom stereocenters. The largest absolute Gasteiger partial charge is 0.461 e. The minimum atomic E-state index is -0.916. The maximum absolute atomic E-state index is 11.3. The van der Waals surface area contributed by atoms with E-state index in [2.05, 4.69) is 0 Å². The quantitative estimate of drug-likeness (QED) is 0.355. The summed E-state index contributed by atoms with van der Waals surface area (Å²) in [4.78, 5) is 22.0. The fourth-order valence-corrected chi connectivity index (χ4v) is 1.53. The number of rotatable bonds is 2. The molecule has 1 fully saturated rings. The van der Waals surface area contributed by atoms with Crippen LogP contribution >= 0.6 is 0 Å². The van der Waals surface area contributed by atoms with Crippen molar-refractivity contribution in [3.05, 3.63) is 0 Å². The third-order valence-electron chi connectivity index (χ3n) is 2.85. The number of cyclic esters (lactones) is 1. The van der Waals surface area contributed by atoms with Gasteiger partial charge in [0.05, 0.1) is 0 Å². The van der Waals surface area contributed by atoms with Crippen LogP contribution in [0.15, 0.2) is 0 Å². The van der Waals surface area contributed by atoms with E-state index in [0.717, 1.165) is 6.42 Å². The van der Waals surface area contributed by atoms with Crippen LogP contribution in [0.25, 0.3) is 0 Å². The zero-order valence-electron chi connectivity index (χ0n) is 7.66. The van der Waals surface area contributed by atoms with E-state index in [4.69, 9.17) is 4.74 Å². The first-order chi connectivity index (χ1) is 5.56. The second kappa shape index (κ2) is 2.88. The van der Waals surface area contributed by atoms with Gasteiger partial charge in [0.2, 0.25) is 0 Å². The zero-order chi connectivity index (χ0) is 9.35. The third-order valence-corrected chi connectivity index (χ3v) is 2.85. The summed E-state index contributed by atoms with van der Waals surface area (Å²) in [5.74, 6) is -0.385.